The van der Waals surface area contributed by atoms with Crippen molar-refractivity contribution >= 4 is 5.78 Å². The molecule has 0 aromatic heterocycles. The Kier molecular flexibility index (Phi) is 4.77. The number of carbonyl (C=O) groups excluding carboxylic acids is 1. The highest BCUT2D eigenvalue weighted by Gasteiger charge is 2.56. The van der Waals surface area contributed by atoms with Crippen LogP contribution in [0.2, 0.25) is 0 Å². The van der Waals surface area contributed by atoms with Crippen molar-refractivity contribution in [2.45, 2.75) is 70.8 Å². The van der Waals surface area contributed by atoms with Gasteiger partial charge >= 0.3 is 0 Å². The first kappa shape index (κ1) is 20.1. The predicted molar refractivity (Wildman–Crippen MR) is 112 cm³/mol. The number of hydrogen-bond acceptors (Lipinski definition) is 2. The molecule has 0 saturated heterocycles. The van der Waals surface area contributed by atoms with Gasteiger partial charge in [0.25, 0.3) is 0 Å². The zero-order valence-corrected chi connectivity index (χ0v) is 18.1. The molecule has 0 heterocycles. The zero-order valence-electron chi connectivity index (χ0n) is 18.1. The van der Waals surface area contributed by atoms with Gasteiger partial charge in [0, 0.05) is 25.0 Å². The van der Waals surface area contributed by atoms with E-state index >= 15 is 0 Å². The number of fused-ring (bicyclic) bond motifs is 4. The van der Waals surface area contributed by atoms with Gasteiger partial charge in [0.1, 0.15) is 11.6 Å². The minimum atomic E-state index is -0.473. The Morgan fingerprint density at radius 1 is 1.07 bits per heavy atom. The third kappa shape index (κ3) is 2.86. The van der Waals surface area contributed by atoms with Crippen LogP contribution in [0.15, 0.2) is 34.9 Å². The summed E-state index contributed by atoms with van der Waals surface area (Å²) in [5.74, 6) is 0.169. The highest BCUT2D eigenvalue weighted by atomic mass is 19.1. The summed E-state index contributed by atoms with van der Waals surface area (Å²) in [6, 6.07) is 3.08. The van der Waals surface area contributed by atoms with Crippen LogP contribution in [0.4, 0.5) is 8.78 Å². The fourth-order valence-corrected chi connectivity index (χ4v) is 7.17. The number of ketones is 1. The summed E-state index contributed by atoms with van der Waals surface area (Å²) in [6.45, 7) is 3.81. The lowest BCUT2D eigenvalue weighted by atomic mass is 9.53. The lowest BCUT2D eigenvalue weighted by molar-refractivity contribution is -0.114. The molecule has 0 spiro atoms. The topological polar surface area (TPSA) is 26.3 Å². The molecule has 1 aromatic rings. The van der Waals surface area contributed by atoms with Gasteiger partial charge in [-0.2, -0.15) is 0 Å². The Balaban J connectivity index is 1.70. The van der Waals surface area contributed by atoms with E-state index < -0.39 is 11.6 Å². The molecule has 2 nitrogen and oxygen atoms in total. The van der Waals surface area contributed by atoms with Crippen LogP contribution in [0.25, 0.3) is 0 Å². The summed E-state index contributed by atoms with van der Waals surface area (Å²) in [6.07, 6.45) is 8.29. The monoisotopic (exact) mass is 412 g/mol. The van der Waals surface area contributed by atoms with Crippen LogP contribution in [0.1, 0.15) is 68.9 Å². The number of halogens is 2. The number of rotatable bonds is 2. The fraction of sp³-hybridized carbons (Fsp3) is 0.577. The molecule has 160 valence electrons. The molecule has 30 heavy (non-hydrogen) atoms. The molecule has 5 rings (SSSR count). The Bertz CT molecular complexity index is 952. The molecule has 5 atom stereocenters. The van der Waals surface area contributed by atoms with E-state index in [1.807, 2.05) is 6.08 Å². The van der Waals surface area contributed by atoms with E-state index in [0.717, 1.165) is 44.1 Å². The van der Waals surface area contributed by atoms with E-state index in [-0.39, 0.29) is 28.8 Å². The molecule has 0 aliphatic heterocycles. The third-order valence-electron chi connectivity index (χ3n) is 8.63. The molecule has 2 fully saturated rings. The first-order valence-electron chi connectivity index (χ1n) is 11.3. The van der Waals surface area contributed by atoms with Gasteiger partial charge in [-0.05, 0) is 97.6 Å². The van der Waals surface area contributed by atoms with Gasteiger partial charge in [-0.15, -0.1) is 0 Å². The smallest absolute Gasteiger partial charge is 0.156 e. The average Bonchev–Trinajstić information content (AvgIpc) is 3.06. The number of allylic oxidation sites excluding steroid dienone is 4. The lowest BCUT2D eigenvalue weighted by Crippen LogP contribution is -2.45. The van der Waals surface area contributed by atoms with Crippen molar-refractivity contribution in [3.63, 3.8) is 0 Å². The molecule has 4 aliphatic carbocycles. The first-order valence-corrected chi connectivity index (χ1v) is 11.3. The van der Waals surface area contributed by atoms with Crippen LogP contribution in [0.5, 0.6) is 0 Å². The van der Waals surface area contributed by atoms with Crippen molar-refractivity contribution < 1.29 is 18.3 Å². The van der Waals surface area contributed by atoms with E-state index in [0.29, 0.717) is 18.3 Å². The standard InChI is InChI=1S/C26H30F2O2/c1-14-22(27)11-16(12-23(14)28)20-13-26(2)21(8-9-24(26)30-3)19-6-4-15-10-17(29)5-7-18(15)25(19)20/h10-12,19-21,24H,4-9,13H2,1-3H3. The van der Waals surface area contributed by atoms with Crippen molar-refractivity contribution in [1.29, 1.82) is 0 Å². The zero-order chi connectivity index (χ0) is 21.2. The maximum Gasteiger partial charge on any atom is 0.156 e. The summed E-state index contributed by atoms with van der Waals surface area (Å²) in [7, 11) is 1.79. The summed E-state index contributed by atoms with van der Waals surface area (Å²) in [5, 5.41) is 0. The van der Waals surface area contributed by atoms with Crippen LogP contribution in [0.3, 0.4) is 0 Å². The second-order valence-electron chi connectivity index (χ2n) is 10.00. The molecular formula is C26H30F2O2. The quantitative estimate of drug-likeness (QED) is 0.579. The maximum atomic E-state index is 14.6. The molecule has 4 aliphatic rings. The summed E-state index contributed by atoms with van der Waals surface area (Å²) in [5.41, 5.74) is 4.65. The molecule has 0 amide bonds. The number of hydrogen-bond donors (Lipinski definition) is 0. The van der Waals surface area contributed by atoms with Gasteiger partial charge < -0.3 is 4.74 Å². The minimum absolute atomic E-state index is 0.00230. The normalized spacial score (nSPS) is 35.6. The van der Waals surface area contributed by atoms with Gasteiger partial charge in [-0.3, -0.25) is 4.79 Å². The molecule has 0 bridgehead atoms. The van der Waals surface area contributed by atoms with E-state index in [2.05, 4.69) is 6.92 Å². The largest absolute Gasteiger partial charge is 0.381 e. The number of methoxy groups -OCH3 is 1. The van der Waals surface area contributed by atoms with Gasteiger partial charge in [0.2, 0.25) is 0 Å². The van der Waals surface area contributed by atoms with E-state index in [9.17, 15) is 13.6 Å². The Labute approximate surface area is 177 Å². The van der Waals surface area contributed by atoms with Crippen LogP contribution in [-0.2, 0) is 9.53 Å². The van der Waals surface area contributed by atoms with Crippen molar-refractivity contribution in [2.75, 3.05) is 7.11 Å². The minimum Gasteiger partial charge on any atom is -0.381 e. The summed E-state index contributed by atoms with van der Waals surface area (Å²) < 4.78 is 35.1. The molecule has 0 radical (unpaired) electrons. The Hall–Kier alpha value is -1.81. The SMILES string of the molecule is COC1CCC2C3CCC4=CC(=O)CCC4=C3C(c3cc(F)c(C)c(F)c3)CC12C. The Morgan fingerprint density at radius 2 is 1.80 bits per heavy atom. The van der Waals surface area contributed by atoms with Crippen molar-refractivity contribution in [3.05, 3.63) is 57.7 Å². The van der Waals surface area contributed by atoms with E-state index in [1.54, 1.807) is 19.2 Å². The second kappa shape index (κ2) is 7.12. The van der Waals surface area contributed by atoms with Gasteiger partial charge in [0.05, 0.1) is 6.10 Å². The molecular weight excluding hydrogens is 382 g/mol. The summed E-state index contributed by atoms with van der Waals surface area (Å²) in [4.78, 5) is 12.1. The van der Waals surface area contributed by atoms with Crippen molar-refractivity contribution in [3.8, 4) is 0 Å². The molecule has 4 heteroatoms. The van der Waals surface area contributed by atoms with E-state index in [1.165, 1.54) is 23.6 Å². The molecule has 0 N–H and O–H groups in total. The number of ether oxygens (including phenoxy) is 1. The molecule has 5 unspecified atom stereocenters. The molecule has 1 aromatic carbocycles. The maximum absolute atomic E-state index is 14.6. The fourth-order valence-electron chi connectivity index (χ4n) is 7.17. The van der Waals surface area contributed by atoms with Crippen LogP contribution in [-0.4, -0.2) is 19.0 Å². The van der Waals surface area contributed by atoms with Gasteiger partial charge in [-0.25, -0.2) is 8.78 Å². The molecule has 2 saturated carbocycles. The predicted octanol–water partition coefficient (Wildman–Crippen LogP) is 6.19. The number of carbonyl (C=O) groups is 1. The van der Waals surface area contributed by atoms with Crippen LogP contribution < -0.4 is 0 Å². The van der Waals surface area contributed by atoms with Crippen LogP contribution >= 0.6 is 0 Å². The van der Waals surface area contributed by atoms with Crippen molar-refractivity contribution in [1.82, 2.24) is 0 Å². The van der Waals surface area contributed by atoms with Gasteiger partial charge in [-0.1, -0.05) is 12.5 Å². The van der Waals surface area contributed by atoms with Gasteiger partial charge in [0.15, 0.2) is 5.78 Å². The number of benzene rings is 1. The Morgan fingerprint density at radius 3 is 2.50 bits per heavy atom. The van der Waals surface area contributed by atoms with E-state index in [4.69, 9.17) is 4.74 Å². The second-order valence-corrected chi connectivity index (χ2v) is 10.00. The average molecular weight is 413 g/mol. The third-order valence-corrected chi connectivity index (χ3v) is 8.63. The van der Waals surface area contributed by atoms with Crippen LogP contribution in [0, 0.1) is 35.8 Å². The summed E-state index contributed by atoms with van der Waals surface area (Å²) >= 11 is 0. The van der Waals surface area contributed by atoms with Crippen molar-refractivity contribution in [2.24, 2.45) is 17.3 Å². The highest BCUT2D eigenvalue weighted by Crippen LogP contribution is 2.64. The lowest BCUT2D eigenvalue weighted by Gasteiger charge is -2.52. The highest BCUT2D eigenvalue weighted by molar-refractivity contribution is 5.93. The first-order chi connectivity index (χ1) is 14.3.